The van der Waals surface area contributed by atoms with Gasteiger partial charge in [-0.25, -0.2) is 0 Å². The van der Waals surface area contributed by atoms with Crippen molar-refractivity contribution in [1.82, 2.24) is 10.2 Å². The molecule has 0 saturated carbocycles. The Morgan fingerprint density at radius 2 is 1.08 bits per heavy atom. The van der Waals surface area contributed by atoms with Crippen molar-refractivity contribution < 1.29 is 4.74 Å². The van der Waals surface area contributed by atoms with Gasteiger partial charge < -0.3 is 10.1 Å². The number of rotatable bonds is 4. The number of para-hydroxylation sites is 1. The summed E-state index contributed by atoms with van der Waals surface area (Å²) >= 11 is 0. The standard InChI is InChI=1S/C56H40N2O/c1-58-52(37-16-3-2-4-17-37)35-51(40-29-31-43-38(33-40)28-27-36-15-5-6-18-41(36)43)57-55(58)46-22-8-7-19-42(46)39-30-32-50-54(34-39)59-53-26-14-13-25-49(53)56(50)47-23-11-9-20-44(47)45-21-10-12-24-48(45)56/h2-35,52,55,57H,1H3. The molecule has 2 unspecified atom stereocenters. The van der Waals surface area contributed by atoms with Crippen molar-refractivity contribution in [1.29, 1.82) is 0 Å². The molecule has 3 aliphatic rings. The third-order valence-corrected chi connectivity index (χ3v) is 13.1. The normalized spacial score (nSPS) is 17.3. The average Bonchev–Trinajstić information content (AvgIpc) is 3.59. The van der Waals surface area contributed by atoms with Gasteiger partial charge in [-0.2, -0.15) is 0 Å². The third kappa shape index (κ3) is 5.05. The molecule has 0 saturated heterocycles. The number of fused-ring (bicyclic) bond motifs is 12. The summed E-state index contributed by atoms with van der Waals surface area (Å²) in [5.41, 5.74) is 14.1. The van der Waals surface area contributed by atoms with Gasteiger partial charge in [0.1, 0.15) is 17.7 Å². The van der Waals surface area contributed by atoms with Crippen LogP contribution in [0, 0.1) is 0 Å². The molecule has 1 N–H and O–H groups in total. The van der Waals surface area contributed by atoms with Crippen LogP contribution in [0.3, 0.4) is 0 Å². The van der Waals surface area contributed by atoms with E-state index in [-0.39, 0.29) is 12.2 Å². The van der Waals surface area contributed by atoms with E-state index in [1.54, 1.807) is 0 Å². The molecule has 1 spiro atoms. The highest BCUT2D eigenvalue weighted by atomic mass is 16.5. The van der Waals surface area contributed by atoms with Crippen molar-refractivity contribution in [2.75, 3.05) is 7.05 Å². The Hall–Kier alpha value is -7.20. The zero-order valence-corrected chi connectivity index (χ0v) is 32.6. The topological polar surface area (TPSA) is 24.5 Å². The molecule has 12 rings (SSSR count). The first-order valence-electron chi connectivity index (χ1n) is 20.5. The first-order chi connectivity index (χ1) is 29.2. The second-order valence-corrected chi connectivity index (χ2v) is 16.1. The summed E-state index contributed by atoms with van der Waals surface area (Å²) < 4.78 is 6.94. The van der Waals surface area contributed by atoms with E-state index >= 15 is 0 Å². The van der Waals surface area contributed by atoms with E-state index in [1.807, 2.05) is 0 Å². The number of benzene rings is 9. The van der Waals surface area contributed by atoms with Crippen molar-refractivity contribution in [3.05, 3.63) is 245 Å². The first-order valence-corrected chi connectivity index (χ1v) is 20.5. The molecule has 3 nitrogen and oxygen atoms in total. The Bertz CT molecular complexity index is 3120. The molecular formula is C56H40N2O. The molecule has 0 aromatic heterocycles. The minimum absolute atomic E-state index is 0.0449. The summed E-state index contributed by atoms with van der Waals surface area (Å²) in [5, 5.41) is 9.08. The summed E-state index contributed by atoms with van der Waals surface area (Å²) in [4.78, 5) is 2.46. The van der Waals surface area contributed by atoms with Gasteiger partial charge in [-0.1, -0.05) is 182 Å². The molecule has 2 aliphatic heterocycles. The molecule has 2 atom stereocenters. The molecule has 2 heterocycles. The zero-order chi connectivity index (χ0) is 39.1. The molecule has 3 heteroatoms. The Kier molecular flexibility index (Phi) is 7.57. The molecule has 0 amide bonds. The van der Waals surface area contributed by atoms with E-state index in [0.29, 0.717) is 0 Å². The van der Waals surface area contributed by atoms with Crippen LogP contribution in [0.15, 0.2) is 206 Å². The van der Waals surface area contributed by atoms with E-state index in [1.165, 1.54) is 77.2 Å². The highest BCUT2D eigenvalue weighted by Crippen LogP contribution is 2.62. The average molecular weight is 757 g/mol. The Morgan fingerprint density at radius 3 is 1.90 bits per heavy atom. The van der Waals surface area contributed by atoms with Crippen LogP contribution in [0.1, 0.15) is 51.2 Å². The summed E-state index contributed by atoms with van der Waals surface area (Å²) in [6.45, 7) is 0. The van der Waals surface area contributed by atoms with Crippen LogP contribution < -0.4 is 10.1 Å². The molecule has 59 heavy (non-hydrogen) atoms. The van der Waals surface area contributed by atoms with Crippen molar-refractivity contribution in [3.8, 4) is 33.8 Å². The van der Waals surface area contributed by atoms with Crippen LogP contribution in [0.2, 0.25) is 0 Å². The lowest BCUT2D eigenvalue weighted by atomic mass is 9.66. The lowest BCUT2D eigenvalue weighted by Gasteiger charge is -2.41. The van der Waals surface area contributed by atoms with Crippen LogP contribution >= 0.6 is 0 Å². The zero-order valence-electron chi connectivity index (χ0n) is 32.6. The maximum absolute atomic E-state index is 6.94. The fourth-order valence-corrected chi connectivity index (χ4v) is 10.4. The molecular weight excluding hydrogens is 717 g/mol. The Balaban J connectivity index is 0.995. The maximum Gasteiger partial charge on any atom is 0.132 e. The summed E-state index contributed by atoms with van der Waals surface area (Å²) in [6.07, 6.45) is 2.26. The maximum atomic E-state index is 6.94. The van der Waals surface area contributed by atoms with Gasteiger partial charge in [-0.15, -0.1) is 0 Å². The summed E-state index contributed by atoms with van der Waals surface area (Å²) in [5.74, 6) is 1.79. The van der Waals surface area contributed by atoms with Gasteiger partial charge in [0, 0.05) is 16.8 Å². The molecule has 9 aromatic carbocycles. The molecule has 0 bridgehead atoms. The van der Waals surface area contributed by atoms with Gasteiger partial charge in [-0.05, 0) is 103 Å². The lowest BCUT2D eigenvalue weighted by molar-refractivity contribution is 0.177. The fourth-order valence-electron chi connectivity index (χ4n) is 10.4. The van der Waals surface area contributed by atoms with Crippen LogP contribution in [0.5, 0.6) is 11.5 Å². The summed E-state index contributed by atoms with van der Waals surface area (Å²) in [7, 11) is 2.23. The molecule has 0 radical (unpaired) electrons. The third-order valence-electron chi connectivity index (χ3n) is 13.1. The van der Waals surface area contributed by atoms with Crippen LogP contribution in [-0.4, -0.2) is 11.9 Å². The largest absolute Gasteiger partial charge is 0.457 e. The SMILES string of the molecule is CN1C(c2ccccc2)C=C(c2ccc3c(ccc4ccccc43)c2)NC1c1ccccc1-c1ccc2c(c1)Oc1ccccc1C21c2ccccc2-c2ccccc21. The Labute approximate surface area is 344 Å². The van der Waals surface area contributed by atoms with Crippen molar-refractivity contribution >= 4 is 27.2 Å². The minimum Gasteiger partial charge on any atom is -0.457 e. The monoisotopic (exact) mass is 756 g/mol. The van der Waals surface area contributed by atoms with Gasteiger partial charge in [0.25, 0.3) is 0 Å². The number of hydrogen-bond donors (Lipinski definition) is 1. The number of likely N-dealkylation sites (N-methyl/N-ethyl adjacent to an activating group) is 1. The molecule has 280 valence electrons. The second-order valence-electron chi connectivity index (χ2n) is 16.1. The number of nitrogens with zero attached hydrogens (tertiary/aromatic N) is 1. The number of ether oxygens (including phenoxy) is 1. The van der Waals surface area contributed by atoms with Gasteiger partial charge in [0.05, 0.1) is 11.5 Å². The highest BCUT2D eigenvalue weighted by molar-refractivity contribution is 6.08. The first kappa shape index (κ1) is 33.9. The van der Waals surface area contributed by atoms with Crippen molar-refractivity contribution in [2.24, 2.45) is 0 Å². The van der Waals surface area contributed by atoms with Crippen molar-refractivity contribution in [3.63, 3.8) is 0 Å². The number of nitrogens with one attached hydrogen (secondary N) is 1. The second kappa shape index (κ2) is 13.2. The smallest absolute Gasteiger partial charge is 0.132 e. The van der Waals surface area contributed by atoms with E-state index in [0.717, 1.165) is 22.8 Å². The van der Waals surface area contributed by atoms with E-state index in [4.69, 9.17) is 4.74 Å². The molecule has 1 aliphatic carbocycles. The predicted octanol–water partition coefficient (Wildman–Crippen LogP) is 13.4. The van der Waals surface area contributed by atoms with Gasteiger partial charge in [0.15, 0.2) is 0 Å². The van der Waals surface area contributed by atoms with Crippen LogP contribution in [-0.2, 0) is 5.41 Å². The number of hydrogen-bond acceptors (Lipinski definition) is 3. The minimum atomic E-state index is -0.491. The fraction of sp³-hybridized carbons (Fsp3) is 0.0714. The lowest BCUT2D eigenvalue weighted by Crippen LogP contribution is -2.41. The van der Waals surface area contributed by atoms with E-state index in [9.17, 15) is 0 Å². The van der Waals surface area contributed by atoms with E-state index < -0.39 is 5.41 Å². The van der Waals surface area contributed by atoms with Crippen LogP contribution in [0.25, 0.3) is 49.5 Å². The van der Waals surface area contributed by atoms with Gasteiger partial charge in [-0.3, -0.25) is 4.90 Å². The van der Waals surface area contributed by atoms with E-state index in [2.05, 4.69) is 224 Å². The van der Waals surface area contributed by atoms with Crippen LogP contribution in [0.4, 0.5) is 0 Å². The predicted molar refractivity (Wildman–Crippen MR) is 242 cm³/mol. The highest BCUT2D eigenvalue weighted by Gasteiger charge is 2.51. The van der Waals surface area contributed by atoms with Gasteiger partial charge >= 0.3 is 0 Å². The molecule has 0 fully saturated rings. The molecule has 9 aromatic rings. The van der Waals surface area contributed by atoms with Crippen molar-refractivity contribution in [2.45, 2.75) is 17.6 Å². The quantitative estimate of drug-likeness (QED) is 0.181. The van der Waals surface area contributed by atoms with Gasteiger partial charge in [0.2, 0.25) is 0 Å². The Morgan fingerprint density at radius 1 is 0.475 bits per heavy atom. The summed E-state index contributed by atoms with van der Waals surface area (Å²) in [6, 6.07) is 73.1.